The highest BCUT2D eigenvalue weighted by Crippen LogP contribution is 2.17. The van der Waals surface area contributed by atoms with E-state index in [1.165, 1.54) is 18.3 Å². The molecule has 0 saturated carbocycles. The highest BCUT2D eigenvalue weighted by molar-refractivity contribution is 5.76. The maximum atomic E-state index is 11.0. The van der Waals surface area contributed by atoms with Crippen LogP contribution < -0.4 is 4.90 Å². The molecule has 82 valence electrons. The third kappa shape index (κ3) is 2.83. The van der Waals surface area contributed by atoms with Gasteiger partial charge in [0.05, 0.1) is 19.8 Å². The number of carbonyl (C=O) groups excluding carboxylic acids is 2. The van der Waals surface area contributed by atoms with Gasteiger partial charge in [-0.1, -0.05) is 0 Å². The summed E-state index contributed by atoms with van der Waals surface area (Å²) in [6.07, 6.45) is 2.24. The molecule has 1 heterocycles. The fourth-order valence-corrected chi connectivity index (χ4v) is 1.21. The minimum absolute atomic E-state index is 0.135. The molecule has 1 aromatic heterocycles. The Hall–Kier alpha value is -1.78. The Kier molecular flexibility index (Phi) is 3.91. The van der Waals surface area contributed by atoms with Crippen molar-refractivity contribution in [2.75, 3.05) is 12.0 Å². The van der Waals surface area contributed by atoms with Crippen molar-refractivity contribution < 1.29 is 18.7 Å². The van der Waals surface area contributed by atoms with Gasteiger partial charge in [-0.15, -0.1) is 0 Å². The molecule has 5 heteroatoms. The summed E-state index contributed by atoms with van der Waals surface area (Å²) in [5.74, 6) is 0.0577. The number of carbonyl (C=O) groups is 2. The van der Waals surface area contributed by atoms with Crippen molar-refractivity contribution in [3.8, 4) is 0 Å². The molecule has 5 nitrogen and oxygen atoms in total. The third-order valence-corrected chi connectivity index (χ3v) is 2.04. The number of hydrogen-bond acceptors (Lipinski definition) is 4. The Morgan fingerprint density at radius 3 is 2.93 bits per heavy atom. The standard InChI is InChI=1S/C10H13NO4/c1-8(6-10(13)14-2)11(7-12)9-4-3-5-15-9/h3-5,7-8H,6H2,1-2H3. The molecule has 1 amide bonds. The fraction of sp³-hybridized carbons (Fsp3) is 0.400. The lowest BCUT2D eigenvalue weighted by Gasteiger charge is -2.21. The van der Waals surface area contributed by atoms with Crippen LogP contribution in [0.1, 0.15) is 13.3 Å². The van der Waals surface area contributed by atoms with Crippen LogP contribution >= 0.6 is 0 Å². The first-order chi connectivity index (χ1) is 7.19. The molecule has 0 N–H and O–H groups in total. The van der Waals surface area contributed by atoms with Crippen molar-refractivity contribution in [2.45, 2.75) is 19.4 Å². The maximum Gasteiger partial charge on any atom is 0.307 e. The van der Waals surface area contributed by atoms with E-state index in [-0.39, 0.29) is 18.4 Å². The van der Waals surface area contributed by atoms with Crippen LogP contribution in [0.3, 0.4) is 0 Å². The van der Waals surface area contributed by atoms with Gasteiger partial charge < -0.3 is 9.15 Å². The van der Waals surface area contributed by atoms with Crippen LogP contribution in [0.25, 0.3) is 0 Å². The van der Waals surface area contributed by atoms with E-state index in [9.17, 15) is 9.59 Å². The van der Waals surface area contributed by atoms with E-state index in [0.29, 0.717) is 12.3 Å². The molecule has 0 spiro atoms. The van der Waals surface area contributed by atoms with E-state index >= 15 is 0 Å². The lowest BCUT2D eigenvalue weighted by atomic mass is 10.2. The van der Waals surface area contributed by atoms with Gasteiger partial charge in [0, 0.05) is 12.1 Å². The van der Waals surface area contributed by atoms with Crippen LogP contribution in [0, 0.1) is 0 Å². The summed E-state index contributed by atoms with van der Waals surface area (Å²) in [6, 6.07) is 3.04. The molecule has 0 fully saturated rings. The molecule has 0 aliphatic heterocycles. The van der Waals surface area contributed by atoms with E-state index in [1.54, 1.807) is 19.1 Å². The van der Waals surface area contributed by atoms with Crippen LogP contribution in [-0.4, -0.2) is 25.5 Å². The van der Waals surface area contributed by atoms with Crippen molar-refractivity contribution in [2.24, 2.45) is 0 Å². The average molecular weight is 211 g/mol. The molecule has 15 heavy (non-hydrogen) atoms. The van der Waals surface area contributed by atoms with Crippen LogP contribution in [0.15, 0.2) is 22.8 Å². The van der Waals surface area contributed by atoms with Gasteiger partial charge in [0.1, 0.15) is 0 Å². The van der Waals surface area contributed by atoms with Crippen LogP contribution in [-0.2, 0) is 14.3 Å². The van der Waals surface area contributed by atoms with Crippen LogP contribution in [0.5, 0.6) is 0 Å². The van der Waals surface area contributed by atoms with Gasteiger partial charge in [0.2, 0.25) is 12.3 Å². The second-order valence-corrected chi connectivity index (χ2v) is 3.09. The SMILES string of the molecule is COC(=O)CC(C)N(C=O)c1ccco1. The number of anilines is 1. The number of amides is 1. The Bertz CT molecular complexity index is 320. The van der Waals surface area contributed by atoms with Crippen molar-refractivity contribution >= 4 is 18.3 Å². The zero-order valence-electron chi connectivity index (χ0n) is 8.67. The summed E-state index contributed by atoms with van der Waals surface area (Å²) in [5.41, 5.74) is 0. The first kappa shape index (κ1) is 11.3. The molecule has 0 radical (unpaired) electrons. The zero-order chi connectivity index (χ0) is 11.3. The first-order valence-electron chi connectivity index (χ1n) is 4.53. The largest absolute Gasteiger partial charge is 0.469 e. The second kappa shape index (κ2) is 5.19. The Morgan fingerprint density at radius 1 is 1.73 bits per heavy atom. The van der Waals surface area contributed by atoms with E-state index in [4.69, 9.17) is 4.42 Å². The van der Waals surface area contributed by atoms with Crippen molar-refractivity contribution in [3.05, 3.63) is 18.4 Å². The number of rotatable bonds is 5. The van der Waals surface area contributed by atoms with Crippen molar-refractivity contribution in [1.82, 2.24) is 0 Å². The van der Waals surface area contributed by atoms with Gasteiger partial charge in [-0.3, -0.25) is 14.5 Å². The van der Waals surface area contributed by atoms with Gasteiger partial charge in [0.15, 0.2) is 0 Å². The minimum atomic E-state index is -0.360. The first-order valence-corrected chi connectivity index (χ1v) is 4.53. The molecule has 0 saturated heterocycles. The summed E-state index contributed by atoms with van der Waals surface area (Å²) in [7, 11) is 1.31. The topological polar surface area (TPSA) is 59.8 Å². The minimum Gasteiger partial charge on any atom is -0.469 e. The third-order valence-electron chi connectivity index (χ3n) is 2.04. The molecular formula is C10H13NO4. The van der Waals surface area contributed by atoms with E-state index in [2.05, 4.69) is 4.74 Å². The molecule has 0 aliphatic carbocycles. The summed E-state index contributed by atoms with van der Waals surface area (Å²) < 4.78 is 9.59. The van der Waals surface area contributed by atoms with Crippen LogP contribution in [0.2, 0.25) is 0 Å². The van der Waals surface area contributed by atoms with Crippen molar-refractivity contribution in [1.29, 1.82) is 0 Å². The number of nitrogens with zero attached hydrogens (tertiary/aromatic N) is 1. The molecule has 1 aromatic rings. The second-order valence-electron chi connectivity index (χ2n) is 3.09. The Balaban J connectivity index is 2.67. The molecule has 1 atom stereocenters. The molecule has 1 unspecified atom stereocenters. The number of hydrogen-bond donors (Lipinski definition) is 0. The zero-order valence-corrected chi connectivity index (χ0v) is 8.67. The summed E-state index contributed by atoms with van der Waals surface area (Å²) in [6.45, 7) is 1.74. The molecule has 0 bridgehead atoms. The van der Waals surface area contributed by atoms with Gasteiger partial charge in [0.25, 0.3) is 0 Å². The molecule has 1 rings (SSSR count). The normalized spacial score (nSPS) is 11.9. The van der Waals surface area contributed by atoms with E-state index < -0.39 is 0 Å². The Labute approximate surface area is 87.6 Å². The molecule has 0 aliphatic rings. The van der Waals surface area contributed by atoms with Gasteiger partial charge in [-0.2, -0.15) is 0 Å². The van der Waals surface area contributed by atoms with Gasteiger partial charge >= 0.3 is 5.97 Å². The highest BCUT2D eigenvalue weighted by atomic mass is 16.5. The molecular weight excluding hydrogens is 198 g/mol. The maximum absolute atomic E-state index is 11.0. The number of methoxy groups -OCH3 is 1. The average Bonchev–Trinajstić information content (AvgIpc) is 2.72. The van der Waals surface area contributed by atoms with Gasteiger partial charge in [-0.05, 0) is 13.0 Å². The summed E-state index contributed by atoms with van der Waals surface area (Å²) >= 11 is 0. The Morgan fingerprint density at radius 2 is 2.47 bits per heavy atom. The van der Waals surface area contributed by atoms with Crippen molar-refractivity contribution in [3.63, 3.8) is 0 Å². The lowest BCUT2D eigenvalue weighted by Crippen LogP contribution is -2.33. The quantitative estimate of drug-likeness (QED) is 0.542. The van der Waals surface area contributed by atoms with Crippen LogP contribution in [0.4, 0.5) is 5.88 Å². The highest BCUT2D eigenvalue weighted by Gasteiger charge is 2.19. The number of furan rings is 1. The number of esters is 1. The monoisotopic (exact) mass is 211 g/mol. The number of ether oxygens (including phenoxy) is 1. The van der Waals surface area contributed by atoms with E-state index in [0.717, 1.165) is 0 Å². The van der Waals surface area contributed by atoms with E-state index in [1.807, 2.05) is 0 Å². The van der Waals surface area contributed by atoms with Gasteiger partial charge in [-0.25, -0.2) is 0 Å². The lowest BCUT2D eigenvalue weighted by molar-refractivity contribution is -0.140. The summed E-state index contributed by atoms with van der Waals surface area (Å²) in [5, 5.41) is 0. The fourth-order valence-electron chi connectivity index (χ4n) is 1.21. The summed E-state index contributed by atoms with van der Waals surface area (Å²) in [4.78, 5) is 23.2. The molecule has 0 aromatic carbocycles. The predicted octanol–water partition coefficient (Wildman–Crippen LogP) is 1.19. The smallest absolute Gasteiger partial charge is 0.307 e. The predicted molar refractivity (Wildman–Crippen MR) is 53.3 cm³/mol.